The van der Waals surface area contributed by atoms with Gasteiger partial charge in [0.15, 0.2) is 16.2 Å². The lowest BCUT2D eigenvalue weighted by Gasteiger charge is -2.34. The Labute approximate surface area is 186 Å². The molecule has 5 nitrogen and oxygen atoms in total. The largest absolute Gasteiger partial charge is 0.504 e. The molecule has 0 amide bonds. The van der Waals surface area contributed by atoms with Gasteiger partial charge in [-0.05, 0) is 35.4 Å². The van der Waals surface area contributed by atoms with Crippen molar-refractivity contribution in [3.63, 3.8) is 0 Å². The van der Waals surface area contributed by atoms with E-state index in [1.807, 2.05) is 0 Å². The van der Waals surface area contributed by atoms with Gasteiger partial charge in [-0.2, -0.15) is 8.42 Å². The molecule has 3 rings (SSSR count). The van der Waals surface area contributed by atoms with Crippen LogP contribution in [-0.4, -0.2) is 23.2 Å². The Bertz CT molecular complexity index is 1150. The summed E-state index contributed by atoms with van der Waals surface area (Å²) in [6, 6.07) is 12.2. The van der Waals surface area contributed by atoms with E-state index in [1.165, 1.54) is 24.3 Å². The van der Waals surface area contributed by atoms with E-state index in [0.29, 0.717) is 0 Å². The number of phenolic OH excluding ortho intramolecular Hbond substituents is 2. The molecule has 0 bridgehead atoms. The van der Waals surface area contributed by atoms with Crippen molar-refractivity contribution >= 4 is 56.5 Å². The van der Waals surface area contributed by atoms with Crippen LogP contribution in [0.4, 0.5) is 0 Å². The Balaban J connectivity index is 2.62. The molecule has 0 saturated heterocycles. The number of aromatic hydroxyl groups is 2. The van der Waals surface area contributed by atoms with Gasteiger partial charge in [-0.3, -0.25) is 4.55 Å². The van der Waals surface area contributed by atoms with Gasteiger partial charge in [0.2, 0.25) is 0 Å². The first-order chi connectivity index (χ1) is 13.5. The second-order valence-corrected chi connectivity index (χ2v) is 9.31. The van der Waals surface area contributed by atoms with E-state index < -0.39 is 26.4 Å². The number of hydrogen-bond donors (Lipinski definition) is 3. The van der Waals surface area contributed by atoms with E-state index >= 15 is 0 Å². The minimum absolute atomic E-state index is 0.0646. The van der Waals surface area contributed by atoms with Crippen LogP contribution >= 0.6 is 46.4 Å². The van der Waals surface area contributed by atoms with Crippen molar-refractivity contribution in [1.82, 2.24) is 0 Å². The van der Waals surface area contributed by atoms with Gasteiger partial charge in [0, 0.05) is 20.6 Å². The topological polar surface area (TPSA) is 94.8 Å². The highest BCUT2D eigenvalue weighted by molar-refractivity contribution is 7.87. The molecule has 1 atom stereocenters. The number of hydrogen-bond acceptors (Lipinski definition) is 4. The van der Waals surface area contributed by atoms with E-state index in [4.69, 9.17) is 46.4 Å². The summed E-state index contributed by atoms with van der Waals surface area (Å²) in [5.41, 5.74) is -0.326. The third kappa shape index (κ3) is 3.65. The van der Waals surface area contributed by atoms with Crippen molar-refractivity contribution in [3.05, 3.63) is 91.4 Å². The highest BCUT2D eigenvalue weighted by atomic mass is 35.5. The zero-order chi connectivity index (χ0) is 21.6. The van der Waals surface area contributed by atoms with Crippen LogP contribution in [0.3, 0.4) is 0 Å². The van der Waals surface area contributed by atoms with Crippen molar-refractivity contribution in [3.8, 4) is 11.5 Å². The van der Waals surface area contributed by atoms with Crippen molar-refractivity contribution in [1.29, 1.82) is 0 Å². The van der Waals surface area contributed by atoms with Crippen LogP contribution in [0.15, 0.2) is 54.6 Å². The minimum Gasteiger partial charge on any atom is -0.504 e. The van der Waals surface area contributed by atoms with Gasteiger partial charge in [0.25, 0.3) is 10.1 Å². The summed E-state index contributed by atoms with van der Waals surface area (Å²) < 4.78 is 34.0. The molecular formula is C19H12Cl4O5S. The number of halogens is 4. The van der Waals surface area contributed by atoms with E-state index in [2.05, 4.69) is 0 Å². The first-order valence-electron chi connectivity index (χ1n) is 7.89. The molecule has 0 spiro atoms. The normalized spacial score (nSPS) is 13.8. The zero-order valence-electron chi connectivity index (χ0n) is 14.3. The van der Waals surface area contributed by atoms with Gasteiger partial charge < -0.3 is 10.2 Å². The quantitative estimate of drug-likeness (QED) is 0.239. The molecule has 10 heteroatoms. The molecule has 3 N–H and O–H groups in total. The Hall–Kier alpha value is -1.67. The predicted molar refractivity (Wildman–Crippen MR) is 114 cm³/mol. The molecule has 0 aliphatic carbocycles. The molecule has 3 aromatic rings. The molecule has 0 radical (unpaired) electrons. The molecule has 152 valence electrons. The smallest absolute Gasteiger partial charge is 0.283 e. The molecule has 0 heterocycles. The van der Waals surface area contributed by atoms with Crippen molar-refractivity contribution in [2.24, 2.45) is 0 Å². The third-order valence-electron chi connectivity index (χ3n) is 4.38. The van der Waals surface area contributed by atoms with Crippen LogP contribution in [-0.2, 0) is 14.9 Å². The minimum atomic E-state index is -5.05. The lowest BCUT2D eigenvalue weighted by atomic mass is 9.83. The first kappa shape index (κ1) is 22.0. The monoisotopic (exact) mass is 492 g/mol. The fraction of sp³-hybridized carbons (Fsp3) is 0.0526. The number of benzene rings is 3. The van der Waals surface area contributed by atoms with Gasteiger partial charge in [-0.1, -0.05) is 76.7 Å². The molecule has 29 heavy (non-hydrogen) atoms. The SMILES string of the molecule is O=S(=O)(O)C(c1ccccc1)(c1cc(O)c(O)c(Cl)c1)c1c(Cl)cc(Cl)cc1Cl. The lowest BCUT2D eigenvalue weighted by molar-refractivity contribution is 0.402. The van der Waals surface area contributed by atoms with Gasteiger partial charge in [-0.25, -0.2) is 0 Å². The molecule has 3 aromatic carbocycles. The molecule has 0 aromatic heterocycles. The maximum Gasteiger partial charge on any atom is 0.283 e. The fourth-order valence-electron chi connectivity index (χ4n) is 3.22. The summed E-state index contributed by atoms with van der Waals surface area (Å²) in [6.07, 6.45) is 0. The van der Waals surface area contributed by atoms with Gasteiger partial charge >= 0.3 is 0 Å². The summed E-state index contributed by atoms with van der Waals surface area (Å²) in [4.78, 5) is 0. The van der Waals surface area contributed by atoms with E-state index in [0.717, 1.165) is 12.1 Å². The second-order valence-electron chi connectivity index (χ2n) is 6.09. The van der Waals surface area contributed by atoms with Crippen LogP contribution in [0.2, 0.25) is 20.1 Å². The third-order valence-corrected chi connectivity index (χ3v) is 6.93. The highest BCUT2D eigenvalue weighted by Gasteiger charge is 2.51. The van der Waals surface area contributed by atoms with Crippen molar-refractivity contribution in [2.45, 2.75) is 4.75 Å². The fourth-order valence-corrected chi connectivity index (χ4v) is 5.98. The standard InChI is InChI=1S/C19H12Cl4O5S/c20-12-8-13(21)17(14(22)9-12)19(29(26,27)28,10-4-2-1-3-5-10)11-6-15(23)18(25)16(24)7-11/h1-9,24-25H,(H,26,27,28). The van der Waals surface area contributed by atoms with E-state index in [1.54, 1.807) is 18.2 Å². The summed E-state index contributed by atoms with van der Waals surface area (Å²) >= 11 is 24.6. The molecule has 0 fully saturated rings. The molecule has 0 aliphatic rings. The van der Waals surface area contributed by atoms with Crippen molar-refractivity contribution in [2.75, 3.05) is 0 Å². The Morgan fingerprint density at radius 2 is 1.31 bits per heavy atom. The summed E-state index contributed by atoms with van der Waals surface area (Å²) in [7, 11) is -5.05. The van der Waals surface area contributed by atoms with E-state index in [-0.39, 0.29) is 36.8 Å². The zero-order valence-corrected chi connectivity index (χ0v) is 18.1. The van der Waals surface area contributed by atoms with Gasteiger partial charge in [0.1, 0.15) is 0 Å². The Kier molecular flexibility index (Phi) is 5.98. The van der Waals surface area contributed by atoms with Crippen LogP contribution in [0.1, 0.15) is 16.7 Å². The number of phenols is 2. The second kappa shape index (κ2) is 7.87. The number of rotatable bonds is 4. The average Bonchev–Trinajstić information content (AvgIpc) is 2.61. The highest BCUT2D eigenvalue weighted by Crippen LogP contribution is 2.51. The maximum absolute atomic E-state index is 13.0. The van der Waals surface area contributed by atoms with Gasteiger partial charge in [0.05, 0.1) is 5.02 Å². The Morgan fingerprint density at radius 1 is 0.759 bits per heavy atom. The molecule has 0 aliphatic heterocycles. The van der Waals surface area contributed by atoms with E-state index in [9.17, 15) is 23.2 Å². The Morgan fingerprint density at radius 3 is 1.79 bits per heavy atom. The molecular weight excluding hydrogens is 482 g/mol. The van der Waals surface area contributed by atoms with Crippen LogP contribution in [0, 0.1) is 0 Å². The molecule has 1 unspecified atom stereocenters. The summed E-state index contributed by atoms with van der Waals surface area (Å²) in [5, 5.41) is 19.4. The van der Waals surface area contributed by atoms with Crippen LogP contribution < -0.4 is 0 Å². The average molecular weight is 494 g/mol. The lowest BCUT2D eigenvalue weighted by Crippen LogP contribution is -2.39. The van der Waals surface area contributed by atoms with Crippen molar-refractivity contribution < 1.29 is 23.2 Å². The molecule has 0 saturated carbocycles. The summed E-state index contributed by atoms with van der Waals surface area (Å²) in [6.45, 7) is 0. The van der Waals surface area contributed by atoms with Gasteiger partial charge in [-0.15, -0.1) is 0 Å². The first-order valence-corrected chi connectivity index (χ1v) is 10.8. The van der Waals surface area contributed by atoms with Crippen LogP contribution in [0.25, 0.3) is 0 Å². The summed E-state index contributed by atoms with van der Waals surface area (Å²) in [5.74, 6) is -1.35. The maximum atomic E-state index is 13.0. The van der Waals surface area contributed by atoms with Crippen LogP contribution in [0.5, 0.6) is 11.5 Å². The predicted octanol–water partition coefficient (Wildman–Crippen LogP) is 5.89.